The molecule has 0 bridgehead atoms. The molecule has 26 heavy (non-hydrogen) atoms. The van der Waals surface area contributed by atoms with Crippen molar-refractivity contribution in [3.63, 3.8) is 0 Å². The van der Waals surface area contributed by atoms with Crippen LogP contribution in [0.4, 0.5) is 5.69 Å². The first kappa shape index (κ1) is 18.8. The lowest BCUT2D eigenvalue weighted by Crippen LogP contribution is -2.29. The van der Waals surface area contributed by atoms with E-state index in [4.69, 9.17) is 4.74 Å². The quantitative estimate of drug-likeness (QED) is 0.871. The third-order valence-electron chi connectivity index (χ3n) is 5.30. The van der Waals surface area contributed by atoms with Gasteiger partial charge in [0.1, 0.15) is 5.75 Å². The summed E-state index contributed by atoms with van der Waals surface area (Å²) in [6.07, 6.45) is 5.72. The van der Waals surface area contributed by atoms with E-state index in [0.717, 1.165) is 66.9 Å². The number of anilines is 1. The number of fused-ring (bicyclic) bond motifs is 3. The molecule has 142 valence electrons. The van der Waals surface area contributed by atoms with Crippen molar-refractivity contribution in [2.75, 3.05) is 31.6 Å². The Kier molecular flexibility index (Phi) is 5.87. The van der Waals surface area contributed by atoms with Crippen LogP contribution >= 0.6 is 0 Å². The number of likely N-dealkylation sites (tertiary alicyclic amines) is 1. The van der Waals surface area contributed by atoms with Gasteiger partial charge in [0, 0.05) is 18.7 Å². The molecular formula is C21H31N3O2. The van der Waals surface area contributed by atoms with Crippen molar-refractivity contribution in [3.8, 4) is 5.75 Å². The van der Waals surface area contributed by atoms with Crippen LogP contribution in [-0.2, 0) is 13.0 Å². The number of benzene rings is 1. The molecule has 0 spiro atoms. The standard InChI is InChI=1S/C20H27N3O2.CH4/c1-2-25-17-12-14(13-23-9-4-3-5-10-23)11-16-18(17)19-15(20(24)22-16)7-6-8-21-19;/h11-12,21H,2-10,13H2,1H3,(H,22,24);1H4. The van der Waals surface area contributed by atoms with Gasteiger partial charge in [-0.2, -0.15) is 0 Å². The lowest BCUT2D eigenvalue weighted by molar-refractivity contribution is 0.220. The van der Waals surface area contributed by atoms with Crippen molar-refractivity contribution in [1.82, 2.24) is 9.88 Å². The number of hydrogen-bond acceptors (Lipinski definition) is 4. The number of ether oxygens (including phenoxy) is 1. The topological polar surface area (TPSA) is 57.4 Å². The molecule has 1 aromatic carbocycles. The molecule has 0 radical (unpaired) electrons. The molecule has 3 heterocycles. The Morgan fingerprint density at radius 2 is 1.96 bits per heavy atom. The molecular weight excluding hydrogens is 326 g/mol. The first-order valence-electron chi connectivity index (χ1n) is 9.57. The zero-order chi connectivity index (χ0) is 17.2. The highest BCUT2D eigenvalue weighted by Gasteiger charge is 2.20. The molecule has 2 aliphatic heterocycles. The molecule has 2 N–H and O–H groups in total. The molecule has 0 amide bonds. The second kappa shape index (κ2) is 8.12. The maximum absolute atomic E-state index is 12.5. The van der Waals surface area contributed by atoms with Crippen molar-refractivity contribution in [2.24, 2.45) is 0 Å². The molecule has 0 unspecified atom stereocenters. The Bertz CT molecular complexity index is 822. The predicted molar refractivity (Wildman–Crippen MR) is 108 cm³/mol. The average molecular weight is 357 g/mol. The zero-order valence-corrected chi connectivity index (χ0v) is 15.0. The summed E-state index contributed by atoms with van der Waals surface area (Å²) in [6, 6.07) is 4.29. The summed E-state index contributed by atoms with van der Waals surface area (Å²) in [6.45, 7) is 6.77. The highest BCUT2D eigenvalue weighted by Crippen LogP contribution is 2.36. The first-order valence-corrected chi connectivity index (χ1v) is 9.57. The fourth-order valence-electron chi connectivity index (χ4n) is 4.14. The van der Waals surface area contributed by atoms with Crippen LogP contribution in [0, 0.1) is 0 Å². The molecule has 5 heteroatoms. The van der Waals surface area contributed by atoms with Gasteiger partial charge in [-0.25, -0.2) is 0 Å². The molecule has 4 rings (SSSR count). The maximum Gasteiger partial charge on any atom is 0.253 e. The predicted octanol–water partition coefficient (Wildman–Crippen LogP) is 3.91. The van der Waals surface area contributed by atoms with Gasteiger partial charge < -0.3 is 15.0 Å². The Morgan fingerprint density at radius 1 is 1.15 bits per heavy atom. The van der Waals surface area contributed by atoms with E-state index < -0.39 is 0 Å². The summed E-state index contributed by atoms with van der Waals surface area (Å²) in [5.41, 5.74) is 3.97. The highest BCUT2D eigenvalue weighted by atomic mass is 16.5. The van der Waals surface area contributed by atoms with Crippen LogP contribution < -0.4 is 15.6 Å². The summed E-state index contributed by atoms with van der Waals surface area (Å²) in [5, 5.41) is 4.46. The lowest BCUT2D eigenvalue weighted by Gasteiger charge is -2.27. The van der Waals surface area contributed by atoms with Gasteiger partial charge in [-0.1, -0.05) is 13.8 Å². The minimum absolute atomic E-state index is 0. The van der Waals surface area contributed by atoms with E-state index in [-0.39, 0.29) is 13.0 Å². The van der Waals surface area contributed by atoms with Gasteiger partial charge in [0.15, 0.2) is 0 Å². The number of hydrogen-bond donors (Lipinski definition) is 2. The number of aromatic amines is 1. The summed E-state index contributed by atoms with van der Waals surface area (Å²) in [4.78, 5) is 18.1. The minimum atomic E-state index is 0. The Hall–Kier alpha value is -2.01. The largest absolute Gasteiger partial charge is 0.493 e. The van der Waals surface area contributed by atoms with E-state index in [1.165, 1.54) is 24.8 Å². The molecule has 0 atom stereocenters. The highest BCUT2D eigenvalue weighted by molar-refractivity contribution is 5.98. The van der Waals surface area contributed by atoms with Crippen LogP contribution in [0.5, 0.6) is 5.75 Å². The average Bonchev–Trinajstić information content (AvgIpc) is 2.63. The number of piperidine rings is 1. The number of nitrogens with zero attached hydrogens (tertiary/aromatic N) is 1. The van der Waals surface area contributed by atoms with E-state index in [2.05, 4.69) is 27.3 Å². The number of rotatable bonds is 4. The zero-order valence-electron chi connectivity index (χ0n) is 15.0. The normalized spacial score (nSPS) is 17.3. The fraction of sp³-hybridized carbons (Fsp3) is 0.571. The first-order chi connectivity index (χ1) is 12.3. The summed E-state index contributed by atoms with van der Waals surface area (Å²) >= 11 is 0. The van der Waals surface area contributed by atoms with Crippen molar-refractivity contribution in [2.45, 2.75) is 53.0 Å². The van der Waals surface area contributed by atoms with Crippen LogP contribution in [0.25, 0.3) is 10.9 Å². The van der Waals surface area contributed by atoms with Crippen molar-refractivity contribution < 1.29 is 4.74 Å². The van der Waals surface area contributed by atoms with E-state index >= 15 is 0 Å². The third kappa shape index (κ3) is 3.58. The van der Waals surface area contributed by atoms with Crippen LogP contribution in [0.1, 0.15) is 51.2 Å². The molecule has 0 saturated carbocycles. The second-order valence-corrected chi connectivity index (χ2v) is 7.12. The lowest BCUT2D eigenvalue weighted by atomic mass is 9.99. The van der Waals surface area contributed by atoms with Crippen molar-refractivity contribution >= 4 is 16.6 Å². The van der Waals surface area contributed by atoms with E-state index in [9.17, 15) is 4.79 Å². The summed E-state index contributed by atoms with van der Waals surface area (Å²) in [7, 11) is 0. The van der Waals surface area contributed by atoms with Gasteiger partial charge in [0.2, 0.25) is 0 Å². The Labute approximate surface area is 155 Å². The van der Waals surface area contributed by atoms with Gasteiger partial charge in [0.25, 0.3) is 5.56 Å². The summed E-state index contributed by atoms with van der Waals surface area (Å²) < 4.78 is 5.97. The van der Waals surface area contributed by atoms with Crippen LogP contribution in [0.3, 0.4) is 0 Å². The van der Waals surface area contributed by atoms with Gasteiger partial charge >= 0.3 is 0 Å². The van der Waals surface area contributed by atoms with Gasteiger partial charge in [-0.05, 0) is 63.4 Å². The molecule has 5 nitrogen and oxygen atoms in total. The molecule has 1 aromatic heterocycles. The SMILES string of the molecule is C.CCOc1cc(CN2CCCCC2)cc2[nH]c(=O)c3c(c12)NCCC3. The molecule has 1 fully saturated rings. The van der Waals surface area contributed by atoms with E-state index in [1.807, 2.05) is 6.92 Å². The number of aromatic nitrogens is 1. The molecule has 2 aliphatic rings. The van der Waals surface area contributed by atoms with Crippen LogP contribution in [0.15, 0.2) is 16.9 Å². The number of nitrogens with one attached hydrogen (secondary N) is 2. The Morgan fingerprint density at radius 3 is 2.73 bits per heavy atom. The van der Waals surface area contributed by atoms with Crippen LogP contribution in [0.2, 0.25) is 0 Å². The van der Waals surface area contributed by atoms with Gasteiger partial charge in [0.05, 0.1) is 23.2 Å². The monoisotopic (exact) mass is 357 g/mol. The maximum atomic E-state index is 12.5. The molecule has 2 aromatic rings. The fourth-order valence-corrected chi connectivity index (χ4v) is 4.14. The minimum Gasteiger partial charge on any atom is -0.493 e. The second-order valence-electron chi connectivity index (χ2n) is 7.12. The number of pyridine rings is 1. The molecule has 0 aliphatic carbocycles. The van der Waals surface area contributed by atoms with Gasteiger partial charge in [-0.15, -0.1) is 0 Å². The summed E-state index contributed by atoms with van der Waals surface area (Å²) in [5.74, 6) is 0.883. The van der Waals surface area contributed by atoms with Gasteiger partial charge in [-0.3, -0.25) is 9.69 Å². The van der Waals surface area contributed by atoms with Crippen LogP contribution in [-0.4, -0.2) is 36.1 Å². The van der Waals surface area contributed by atoms with Crippen molar-refractivity contribution in [1.29, 1.82) is 0 Å². The third-order valence-corrected chi connectivity index (χ3v) is 5.30. The van der Waals surface area contributed by atoms with E-state index in [1.54, 1.807) is 0 Å². The Balaban J connectivity index is 0.00000196. The number of H-pyrrole nitrogens is 1. The van der Waals surface area contributed by atoms with Crippen molar-refractivity contribution in [3.05, 3.63) is 33.6 Å². The smallest absolute Gasteiger partial charge is 0.253 e. The molecule has 1 saturated heterocycles. The van der Waals surface area contributed by atoms with E-state index in [0.29, 0.717) is 6.61 Å².